The predicted octanol–water partition coefficient (Wildman–Crippen LogP) is 4.19. The van der Waals surface area contributed by atoms with Gasteiger partial charge in [0, 0.05) is 12.2 Å². The Morgan fingerprint density at radius 1 is 1.29 bits per heavy atom. The molecule has 0 aliphatic carbocycles. The van der Waals surface area contributed by atoms with E-state index in [1.807, 2.05) is 35.8 Å². The Balaban J connectivity index is 1.96. The Kier molecular flexibility index (Phi) is 5.84. The molecule has 2 N–H and O–H groups in total. The molecule has 1 aromatic heterocycles. The summed E-state index contributed by atoms with van der Waals surface area (Å²) in [5.74, 6) is 0. The second-order valence-corrected chi connectivity index (χ2v) is 6.23. The number of likely N-dealkylation sites (N-methyl/N-ethyl adjacent to an activating group) is 1. The molecule has 2 amide bonds. The molecule has 2 aromatic rings. The summed E-state index contributed by atoms with van der Waals surface area (Å²) in [6.07, 6.45) is -4.44. The van der Waals surface area contributed by atoms with E-state index in [2.05, 4.69) is 10.6 Å². The van der Waals surface area contributed by atoms with Gasteiger partial charge in [-0.05, 0) is 54.7 Å². The van der Waals surface area contributed by atoms with Crippen molar-refractivity contribution in [1.82, 2.24) is 10.2 Å². The molecule has 1 atom stereocenters. The molecule has 0 aliphatic rings. The van der Waals surface area contributed by atoms with Gasteiger partial charge in [0.1, 0.15) is 0 Å². The molecular formula is C16H18F3N3OS. The van der Waals surface area contributed by atoms with Crippen molar-refractivity contribution in [3.05, 3.63) is 52.2 Å². The molecule has 0 radical (unpaired) electrons. The van der Waals surface area contributed by atoms with E-state index in [9.17, 15) is 18.0 Å². The Morgan fingerprint density at radius 3 is 2.62 bits per heavy atom. The number of carbonyl (C=O) groups is 1. The van der Waals surface area contributed by atoms with Crippen LogP contribution in [0.1, 0.15) is 17.2 Å². The van der Waals surface area contributed by atoms with E-state index in [4.69, 9.17) is 0 Å². The zero-order valence-electron chi connectivity index (χ0n) is 13.2. The van der Waals surface area contributed by atoms with Gasteiger partial charge in [-0.15, -0.1) is 0 Å². The first kappa shape index (κ1) is 18.3. The van der Waals surface area contributed by atoms with Crippen LogP contribution < -0.4 is 10.6 Å². The van der Waals surface area contributed by atoms with E-state index in [1.54, 1.807) is 11.3 Å². The SMILES string of the molecule is CN(C)[C@@H](CNC(=O)Nc1cccc(C(F)(F)F)c1)c1ccsc1. The highest BCUT2D eigenvalue weighted by molar-refractivity contribution is 7.07. The largest absolute Gasteiger partial charge is 0.416 e. The molecular weight excluding hydrogens is 339 g/mol. The van der Waals surface area contributed by atoms with Crippen molar-refractivity contribution in [3.63, 3.8) is 0 Å². The monoisotopic (exact) mass is 357 g/mol. The summed E-state index contributed by atoms with van der Waals surface area (Å²) >= 11 is 1.56. The maximum Gasteiger partial charge on any atom is 0.416 e. The molecule has 1 aromatic carbocycles. The molecule has 0 saturated heterocycles. The van der Waals surface area contributed by atoms with Crippen molar-refractivity contribution in [2.75, 3.05) is 26.0 Å². The number of urea groups is 1. The van der Waals surface area contributed by atoms with Crippen molar-refractivity contribution in [2.45, 2.75) is 12.2 Å². The number of hydrogen-bond acceptors (Lipinski definition) is 3. The van der Waals surface area contributed by atoms with Crippen molar-refractivity contribution in [2.24, 2.45) is 0 Å². The van der Waals surface area contributed by atoms with E-state index in [0.29, 0.717) is 6.54 Å². The number of rotatable bonds is 5. The molecule has 0 saturated carbocycles. The van der Waals surface area contributed by atoms with Crippen LogP contribution in [-0.4, -0.2) is 31.6 Å². The number of nitrogens with one attached hydrogen (secondary N) is 2. The van der Waals surface area contributed by atoms with E-state index in [0.717, 1.165) is 17.7 Å². The van der Waals surface area contributed by atoms with E-state index in [-0.39, 0.29) is 11.7 Å². The zero-order valence-corrected chi connectivity index (χ0v) is 14.0. The summed E-state index contributed by atoms with van der Waals surface area (Å²) in [5.41, 5.74) is 0.369. The first-order valence-corrected chi connectivity index (χ1v) is 8.12. The average molecular weight is 357 g/mol. The summed E-state index contributed by atoms with van der Waals surface area (Å²) in [6.45, 7) is 0.342. The van der Waals surface area contributed by atoms with Crippen molar-refractivity contribution in [3.8, 4) is 0 Å². The smallest absolute Gasteiger partial charge is 0.336 e. The molecule has 0 aliphatic heterocycles. The zero-order chi connectivity index (χ0) is 17.7. The van der Waals surface area contributed by atoms with Crippen LogP contribution in [0.4, 0.5) is 23.7 Å². The highest BCUT2D eigenvalue weighted by atomic mass is 32.1. The molecule has 8 heteroatoms. The number of anilines is 1. The first-order valence-electron chi connectivity index (χ1n) is 7.18. The van der Waals surface area contributed by atoms with Crippen LogP contribution in [-0.2, 0) is 6.18 Å². The van der Waals surface area contributed by atoms with Crippen molar-refractivity contribution >= 4 is 23.1 Å². The molecule has 0 bridgehead atoms. The minimum atomic E-state index is -4.44. The number of amides is 2. The fourth-order valence-corrected chi connectivity index (χ4v) is 2.91. The Bertz CT molecular complexity index is 671. The summed E-state index contributed by atoms with van der Waals surface area (Å²) in [6, 6.07) is 5.95. The highest BCUT2D eigenvalue weighted by Crippen LogP contribution is 2.30. The van der Waals surface area contributed by atoms with Crippen LogP contribution in [0.25, 0.3) is 0 Å². The van der Waals surface area contributed by atoms with Gasteiger partial charge in [0.2, 0.25) is 0 Å². The van der Waals surface area contributed by atoms with Gasteiger partial charge < -0.3 is 15.5 Å². The molecule has 1 heterocycles. The molecule has 0 spiro atoms. The number of thiophene rings is 1. The normalized spacial score (nSPS) is 12.9. The van der Waals surface area contributed by atoms with Crippen LogP contribution in [0.3, 0.4) is 0 Å². The van der Waals surface area contributed by atoms with Crippen LogP contribution >= 0.6 is 11.3 Å². The van der Waals surface area contributed by atoms with Gasteiger partial charge in [0.15, 0.2) is 0 Å². The predicted molar refractivity (Wildman–Crippen MR) is 89.2 cm³/mol. The van der Waals surface area contributed by atoms with Gasteiger partial charge in [-0.1, -0.05) is 6.07 Å². The average Bonchev–Trinajstić information content (AvgIpc) is 3.00. The van der Waals surface area contributed by atoms with Gasteiger partial charge >= 0.3 is 12.2 Å². The molecule has 2 rings (SSSR count). The topological polar surface area (TPSA) is 44.4 Å². The lowest BCUT2D eigenvalue weighted by Crippen LogP contribution is -2.36. The third-order valence-corrected chi connectivity index (χ3v) is 4.16. The maximum atomic E-state index is 12.7. The van der Waals surface area contributed by atoms with E-state index < -0.39 is 17.8 Å². The number of benzene rings is 1. The van der Waals surface area contributed by atoms with E-state index >= 15 is 0 Å². The van der Waals surface area contributed by atoms with Gasteiger partial charge in [0.05, 0.1) is 11.6 Å². The summed E-state index contributed by atoms with van der Waals surface area (Å²) in [4.78, 5) is 13.9. The quantitative estimate of drug-likeness (QED) is 0.843. The van der Waals surface area contributed by atoms with Crippen molar-refractivity contribution in [1.29, 1.82) is 0 Å². The van der Waals surface area contributed by atoms with Crippen LogP contribution in [0.15, 0.2) is 41.1 Å². The van der Waals surface area contributed by atoms with Crippen LogP contribution in [0, 0.1) is 0 Å². The number of carbonyl (C=O) groups excluding carboxylic acids is 1. The lowest BCUT2D eigenvalue weighted by atomic mass is 10.1. The molecule has 24 heavy (non-hydrogen) atoms. The molecule has 0 fully saturated rings. The number of hydrogen-bond donors (Lipinski definition) is 2. The Morgan fingerprint density at radius 2 is 2.04 bits per heavy atom. The number of alkyl halides is 3. The van der Waals surface area contributed by atoms with Crippen molar-refractivity contribution < 1.29 is 18.0 Å². The fourth-order valence-electron chi connectivity index (χ4n) is 2.20. The first-order chi connectivity index (χ1) is 11.3. The molecule has 130 valence electrons. The van der Waals surface area contributed by atoms with Gasteiger partial charge in [-0.3, -0.25) is 0 Å². The lowest BCUT2D eigenvalue weighted by molar-refractivity contribution is -0.137. The standard InChI is InChI=1S/C16H18F3N3OS/c1-22(2)14(11-6-7-24-10-11)9-20-15(23)21-13-5-3-4-12(8-13)16(17,18)19/h3-8,10,14H,9H2,1-2H3,(H2,20,21,23)/t14-/m0/s1. The Hall–Kier alpha value is -2.06. The van der Waals surface area contributed by atoms with Crippen LogP contribution in [0.2, 0.25) is 0 Å². The summed E-state index contributed by atoms with van der Waals surface area (Å²) < 4.78 is 38.0. The fraction of sp³-hybridized carbons (Fsp3) is 0.312. The third-order valence-electron chi connectivity index (χ3n) is 3.46. The number of nitrogens with zero attached hydrogens (tertiary/aromatic N) is 1. The second-order valence-electron chi connectivity index (χ2n) is 5.45. The Labute approximate surface area is 142 Å². The van der Waals surface area contributed by atoms with Gasteiger partial charge in [-0.25, -0.2) is 4.79 Å². The minimum absolute atomic E-state index is 0.0106. The van der Waals surface area contributed by atoms with Gasteiger partial charge in [-0.2, -0.15) is 24.5 Å². The van der Waals surface area contributed by atoms with Crippen LogP contribution in [0.5, 0.6) is 0 Å². The summed E-state index contributed by atoms with van der Waals surface area (Å²) in [7, 11) is 3.80. The molecule has 0 unspecified atom stereocenters. The summed E-state index contributed by atoms with van der Waals surface area (Å²) in [5, 5.41) is 9.07. The van der Waals surface area contributed by atoms with Gasteiger partial charge in [0.25, 0.3) is 0 Å². The van der Waals surface area contributed by atoms with E-state index in [1.165, 1.54) is 12.1 Å². The number of halogens is 3. The lowest BCUT2D eigenvalue weighted by Gasteiger charge is -2.24. The third kappa shape index (κ3) is 4.97. The maximum absolute atomic E-state index is 12.7. The molecule has 4 nitrogen and oxygen atoms in total. The minimum Gasteiger partial charge on any atom is -0.336 e. The second kappa shape index (κ2) is 7.67. The highest BCUT2D eigenvalue weighted by Gasteiger charge is 2.30.